The van der Waals surface area contributed by atoms with Gasteiger partial charge in [0.2, 0.25) is 0 Å². The number of aliphatic carboxylic acids is 1. The Labute approximate surface area is 81.1 Å². The number of carbonyl (C=O) groups is 2. The molecule has 0 aromatic rings. The van der Waals surface area contributed by atoms with Gasteiger partial charge in [0.25, 0.3) is 0 Å². The fourth-order valence-electron chi connectivity index (χ4n) is 0.188. The van der Waals surface area contributed by atoms with Gasteiger partial charge in [-0.1, -0.05) is 0 Å². The van der Waals surface area contributed by atoms with E-state index in [4.69, 9.17) is 5.11 Å². The average molecular weight is 212 g/mol. The average Bonchev–Trinajstić information content (AvgIpc) is 2.04. The van der Waals surface area contributed by atoms with Gasteiger partial charge in [-0.25, -0.2) is 0 Å². The first-order valence-corrected chi connectivity index (χ1v) is 4.99. The molecule has 0 aromatic heterocycles. The molecule has 0 atom stereocenters. The number of carboxylic acid groups (broad SMARTS) is 1. The monoisotopic (exact) mass is 212 g/mol. The van der Waals surface area contributed by atoms with Crippen LogP contribution in [0.4, 0.5) is 0 Å². The zero-order valence-electron chi connectivity index (χ0n) is 6.94. The summed E-state index contributed by atoms with van der Waals surface area (Å²) in [5.74, 6) is -0.669. The molecule has 0 aliphatic carbocycles. The van der Waals surface area contributed by atoms with Crippen LogP contribution in [0.25, 0.3) is 0 Å². The molecule has 0 rings (SSSR count). The standard InChI is InChI=1S/2C3H6O2S/c1-6-2-3(4)5;1-5-3(4)2-6/h2H2,1H3,(H,4,5);6H,2H2,1H3. The Morgan fingerprint density at radius 2 is 2.08 bits per heavy atom. The van der Waals surface area contributed by atoms with Crippen molar-refractivity contribution >= 4 is 36.3 Å². The number of carboxylic acids is 1. The van der Waals surface area contributed by atoms with Gasteiger partial charge in [0.1, 0.15) is 0 Å². The molecule has 0 aromatic carbocycles. The summed E-state index contributed by atoms with van der Waals surface area (Å²) in [6.45, 7) is 0. The zero-order valence-corrected chi connectivity index (χ0v) is 8.65. The summed E-state index contributed by atoms with van der Waals surface area (Å²) < 4.78 is 4.18. The third-order valence-electron chi connectivity index (χ3n) is 0.625. The highest BCUT2D eigenvalue weighted by Crippen LogP contribution is 1.87. The highest BCUT2D eigenvalue weighted by atomic mass is 32.2. The van der Waals surface area contributed by atoms with Gasteiger partial charge in [-0.3, -0.25) is 9.59 Å². The van der Waals surface area contributed by atoms with Crippen molar-refractivity contribution in [1.82, 2.24) is 0 Å². The Morgan fingerprint density at radius 3 is 2.08 bits per heavy atom. The minimum Gasteiger partial charge on any atom is -0.481 e. The van der Waals surface area contributed by atoms with Crippen LogP contribution in [0, 0.1) is 0 Å². The van der Waals surface area contributed by atoms with Crippen LogP contribution in [-0.4, -0.2) is 41.9 Å². The molecule has 0 amide bonds. The smallest absolute Gasteiger partial charge is 0.315 e. The topological polar surface area (TPSA) is 63.6 Å². The molecule has 12 heavy (non-hydrogen) atoms. The van der Waals surface area contributed by atoms with E-state index in [9.17, 15) is 9.59 Å². The molecule has 0 radical (unpaired) electrons. The summed E-state index contributed by atoms with van der Waals surface area (Å²) in [5.41, 5.74) is 0. The maximum atomic E-state index is 9.88. The molecule has 0 saturated heterocycles. The van der Waals surface area contributed by atoms with Gasteiger partial charge in [0.05, 0.1) is 18.6 Å². The van der Waals surface area contributed by atoms with Crippen molar-refractivity contribution in [1.29, 1.82) is 0 Å². The first kappa shape index (κ1) is 14.2. The maximum absolute atomic E-state index is 9.88. The molecule has 0 saturated carbocycles. The van der Waals surface area contributed by atoms with Crippen LogP contribution >= 0.6 is 24.4 Å². The van der Waals surface area contributed by atoms with E-state index in [0.717, 1.165) is 0 Å². The summed E-state index contributed by atoms with van der Waals surface area (Å²) in [4.78, 5) is 19.5. The summed E-state index contributed by atoms with van der Waals surface area (Å²) in [6, 6.07) is 0. The number of hydrogen-bond donors (Lipinski definition) is 2. The Hall–Kier alpha value is -0.360. The third kappa shape index (κ3) is 16.3. The van der Waals surface area contributed by atoms with E-state index in [-0.39, 0.29) is 17.5 Å². The second-order valence-electron chi connectivity index (χ2n) is 1.56. The molecular formula is C6H12O4S2. The fourth-order valence-corrected chi connectivity index (χ4v) is 0.564. The Kier molecular flexibility index (Phi) is 12.6. The number of hydrogen-bond acceptors (Lipinski definition) is 5. The SMILES string of the molecule is COC(=O)CS.CSCC(=O)O. The van der Waals surface area contributed by atoms with E-state index in [1.165, 1.54) is 18.9 Å². The molecule has 0 aliphatic heterocycles. The second-order valence-corrected chi connectivity index (χ2v) is 2.74. The highest BCUT2D eigenvalue weighted by molar-refractivity contribution is 7.99. The number of carbonyl (C=O) groups excluding carboxylic acids is 1. The summed E-state index contributed by atoms with van der Waals surface area (Å²) in [7, 11) is 1.33. The zero-order chi connectivity index (χ0) is 9.98. The van der Waals surface area contributed by atoms with Crippen molar-refractivity contribution in [3.8, 4) is 0 Å². The Morgan fingerprint density at radius 1 is 1.58 bits per heavy atom. The van der Waals surface area contributed by atoms with Gasteiger partial charge in [0.15, 0.2) is 0 Å². The van der Waals surface area contributed by atoms with Crippen LogP contribution in [0.5, 0.6) is 0 Å². The summed E-state index contributed by atoms with van der Waals surface area (Å²) in [5, 5.41) is 7.89. The van der Waals surface area contributed by atoms with E-state index >= 15 is 0 Å². The van der Waals surface area contributed by atoms with Gasteiger partial charge in [-0.15, -0.1) is 0 Å². The van der Waals surface area contributed by atoms with Gasteiger partial charge in [-0.05, 0) is 6.26 Å². The van der Waals surface area contributed by atoms with Crippen molar-refractivity contribution in [3.63, 3.8) is 0 Å². The molecule has 0 spiro atoms. The lowest BCUT2D eigenvalue weighted by atomic mass is 10.8. The predicted octanol–water partition coefficient (Wildman–Crippen LogP) is 0.523. The van der Waals surface area contributed by atoms with Gasteiger partial charge in [0, 0.05) is 0 Å². The Bertz CT molecular complexity index is 132. The number of esters is 1. The molecular weight excluding hydrogens is 200 g/mol. The number of methoxy groups -OCH3 is 1. The molecule has 0 unspecified atom stereocenters. The molecule has 0 bridgehead atoms. The van der Waals surface area contributed by atoms with E-state index < -0.39 is 5.97 Å². The molecule has 0 aliphatic rings. The van der Waals surface area contributed by atoms with Crippen molar-refractivity contribution in [3.05, 3.63) is 0 Å². The number of thioether (sulfide) groups is 1. The van der Waals surface area contributed by atoms with Crippen molar-refractivity contribution in [2.24, 2.45) is 0 Å². The highest BCUT2D eigenvalue weighted by Gasteiger charge is 1.88. The molecule has 6 heteroatoms. The normalized spacial score (nSPS) is 7.92. The first-order valence-electron chi connectivity index (χ1n) is 2.96. The second kappa shape index (κ2) is 10.6. The lowest BCUT2D eigenvalue weighted by molar-refractivity contribution is -0.137. The van der Waals surface area contributed by atoms with Crippen LogP contribution in [0.1, 0.15) is 0 Å². The molecule has 72 valence electrons. The van der Waals surface area contributed by atoms with Crippen molar-refractivity contribution < 1.29 is 19.4 Å². The van der Waals surface area contributed by atoms with E-state index in [2.05, 4.69) is 17.4 Å². The van der Waals surface area contributed by atoms with E-state index in [1.807, 2.05) is 0 Å². The van der Waals surface area contributed by atoms with Gasteiger partial charge >= 0.3 is 11.9 Å². The van der Waals surface area contributed by atoms with Crippen LogP contribution in [0.15, 0.2) is 0 Å². The van der Waals surface area contributed by atoms with Gasteiger partial charge in [-0.2, -0.15) is 24.4 Å². The van der Waals surface area contributed by atoms with Crippen LogP contribution < -0.4 is 0 Å². The Balaban J connectivity index is 0. The molecule has 0 fully saturated rings. The van der Waals surface area contributed by atoms with Gasteiger partial charge < -0.3 is 9.84 Å². The minimum atomic E-state index is -0.748. The quantitative estimate of drug-likeness (QED) is 0.527. The first-order chi connectivity index (χ1) is 5.58. The lowest BCUT2D eigenvalue weighted by Gasteiger charge is -1.86. The molecule has 1 N–H and O–H groups in total. The lowest BCUT2D eigenvalue weighted by Crippen LogP contribution is -1.99. The van der Waals surface area contributed by atoms with Crippen LogP contribution in [0.2, 0.25) is 0 Å². The minimum absolute atomic E-state index is 0.163. The van der Waals surface area contributed by atoms with Crippen molar-refractivity contribution in [2.75, 3.05) is 24.9 Å². The number of ether oxygens (including phenoxy) is 1. The largest absolute Gasteiger partial charge is 0.481 e. The summed E-state index contributed by atoms with van der Waals surface area (Å²) >= 11 is 4.93. The van der Waals surface area contributed by atoms with Crippen LogP contribution in [-0.2, 0) is 14.3 Å². The third-order valence-corrected chi connectivity index (χ3v) is 1.42. The molecule has 4 nitrogen and oxygen atoms in total. The predicted molar refractivity (Wildman–Crippen MR) is 51.9 cm³/mol. The van der Waals surface area contributed by atoms with E-state index in [1.54, 1.807) is 6.26 Å². The van der Waals surface area contributed by atoms with E-state index in [0.29, 0.717) is 0 Å². The fraction of sp³-hybridized carbons (Fsp3) is 0.667. The molecule has 0 heterocycles. The van der Waals surface area contributed by atoms with Crippen LogP contribution in [0.3, 0.4) is 0 Å². The maximum Gasteiger partial charge on any atom is 0.315 e. The van der Waals surface area contributed by atoms with Crippen molar-refractivity contribution in [2.45, 2.75) is 0 Å². The summed E-state index contributed by atoms with van der Waals surface area (Å²) in [6.07, 6.45) is 1.76. The number of thiol groups is 1. The number of rotatable bonds is 3.